The molecule has 3 aromatic rings. The number of aromatic nitrogens is 3. The number of aryl methyl sites for hydroxylation is 1. The molecule has 0 aliphatic heterocycles. The standard InChI is InChI=1S/C23H25FN4O3/c1-3-15(2)31-19-10-6-17(7-11-19)22-26-23(30)20(27-28-22)12-13-21(29)25-14-16-4-8-18(24)9-5-16/h4-11,15H,3,12-14H2,1-2H3,(H,25,29)(H,26,28,30). The first-order valence-electron chi connectivity index (χ1n) is 10.2. The molecule has 0 aliphatic carbocycles. The smallest absolute Gasteiger partial charge is 0.273 e. The third-order valence-corrected chi connectivity index (χ3v) is 4.80. The lowest BCUT2D eigenvalue weighted by Gasteiger charge is -2.12. The minimum atomic E-state index is -0.378. The van der Waals surface area contributed by atoms with Gasteiger partial charge >= 0.3 is 0 Å². The highest BCUT2D eigenvalue weighted by Crippen LogP contribution is 2.19. The molecule has 0 spiro atoms. The van der Waals surface area contributed by atoms with Gasteiger partial charge in [-0.25, -0.2) is 4.39 Å². The molecular weight excluding hydrogens is 399 g/mol. The summed E-state index contributed by atoms with van der Waals surface area (Å²) in [7, 11) is 0. The summed E-state index contributed by atoms with van der Waals surface area (Å²) >= 11 is 0. The van der Waals surface area contributed by atoms with E-state index in [0.29, 0.717) is 11.4 Å². The van der Waals surface area contributed by atoms with E-state index < -0.39 is 0 Å². The van der Waals surface area contributed by atoms with Crippen molar-refractivity contribution in [2.24, 2.45) is 0 Å². The van der Waals surface area contributed by atoms with Crippen LogP contribution in [-0.4, -0.2) is 27.2 Å². The molecule has 2 N–H and O–H groups in total. The highest BCUT2D eigenvalue weighted by molar-refractivity contribution is 5.76. The molecule has 1 atom stereocenters. The lowest BCUT2D eigenvalue weighted by molar-refractivity contribution is -0.121. The number of nitrogens with zero attached hydrogens (tertiary/aromatic N) is 2. The maximum absolute atomic E-state index is 12.9. The van der Waals surface area contributed by atoms with Crippen molar-refractivity contribution in [1.82, 2.24) is 20.5 Å². The van der Waals surface area contributed by atoms with Gasteiger partial charge in [0, 0.05) is 24.9 Å². The number of amides is 1. The number of H-pyrrole nitrogens is 1. The predicted molar refractivity (Wildman–Crippen MR) is 115 cm³/mol. The SMILES string of the molecule is CCC(C)Oc1ccc(-c2nnc(CCC(=O)NCc3ccc(F)cc3)c(=O)[nH]2)cc1. The molecule has 8 heteroatoms. The molecule has 1 aromatic heterocycles. The molecule has 3 rings (SSSR count). The van der Waals surface area contributed by atoms with E-state index in [1.54, 1.807) is 24.3 Å². The fourth-order valence-corrected chi connectivity index (χ4v) is 2.78. The van der Waals surface area contributed by atoms with E-state index in [1.807, 2.05) is 19.1 Å². The number of benzene rings is 2. The van der Waals surface area contributed by atoms with Crippen LogP contribution in [0.3, 0.4) is 0 Å². The second-order valence-electron chi connectivity index (χ2n) is 7.21. The van der Waals surface area contributed by atoms with Crippen molar-refractivity contribution < 1.29 is 13.9 Å². The van der Waals surface area contributed by atoms with Crippen LogP contribution in [0.5, 0.6) is 5.75 Å². The predicted octanol–water partition coefficient (Wildman–Crippen LogP) is 3.40. The maximum Gasteiger partial charge on any atom is 0.273 e. The third-order valence-electron chi connectivity index (χ3n) is 4.80. The molecule has 1 amide bonds. The number of carbonyl (C=O) groups is 1. The summed E-state index contributed by atoms with van der Waals surface area (Å²) in [6.45, 7) is 4.34. The average Bonchev–Trinajstić information content (AvgIpc) is 2.78. The van der Waals surface area contributed by atoms with Crippen molar-refractivity contribution in [1.29, 1.82) is 0 Å². The summed E-state index contributed by atoms with van der Waals surface area (Å²) in [5.41, 5.74) is 1.32. The molecule has 0 fully saturated rings. The summed E-state index contributed by atoms with van der Waals surface area (Å²) in [4.78, 5) is 27.1. The van der Waals surface area contributed by atoms with E-state index in [0.717, 1.165) is 17.7 Å². The van der Waals surface area contributed by atoms with Crippen LogP contribution < -0.4 is 15.6 Å². The fourth-order valence-electron chi connectivity index (χ4n) is 2.78. The maximum atomic E-state index is 12.9. The first-order chi connectivity index (χ1) is 14.9. The van der Waals surface area contributed by atoms with Crippen LogP contribution in [0.25, 0.3) is 11.4 Å². The van der Waals surface area contributed by atoms with Gasteiger partial charge in [-0.2, -0.15) is 0 Å². The third kappa shape index (κ3) is 6.47. The van der Waals surface area contributed by atoms with Gasteiger partial charge in [-0.1, -0.05) is 19.1 Å². The Labute approximate surface area is 179 Å². The van der Waals surface area contributed by atoms with E-state index >= 15 is 0 Å². The van der Waals surface area contributed by atoms with Gasteiger partial charge in [0.25, 0.3) is 5.56 Å². The summed E-state index contributed by atoms with van der Waals surface area (Å²) in [5.74, 6) is 0.541. The quantitative estimate of drug-likeness (QED) is 0.549. The summed E-state index contributed by atoms with van der Waals surface area (Å²) < 4.78 is 18.6. The second kappa shape index (κ2) is 10.5. The molecule has 0 bridgehead atoms. The van der Waals surface area contributed by atoms with Gasteiger partial charge in [-0.05, 0) is 55.3 Å². The Morgan fingerprint density at radius 2 is 1.84 bits per heavy atom. The summed E-state index contributed by atoms with van der Waals surface area (Å²) in [5, 5.41) is 10.8. The van der Waals surface area contributed by atoms with Gasteiger partial charge in [0.2, 0.25) is 5.91 Å². The molecule has 0 saturated heterocycles. The lowest BCUT2D eigenvalue weighted by Crippen LogP contribution is -2.25. The largest absolute Gasteiger partial charge is 0.491 e. The zero-order valence-electron chi connectivity index (χ0n) is 17.5. The molecule has 31 heavy (non-hydrogen) atoms. The minimum Gasteiger partial charge on any atom is -0.491 e. The van der Waals surface area contributed by atoms with Crippen molar-refractivity contribution in [2.45, 2.75) is 45.8 Å². The highest BCUT2D eigenvalue weighted by atomic mass is 19.1. The van der Waals surface area contributed by atoms with Crippen LogP contribution in [0.15, 0.2) is 53.3 Å². The monoisotopic (exact) mass is 424 g/mol. The van der Waals surface area contributed by atoms with E-state index in [9.17, 15) is 14.0 Å². The van der Waals surface area contributed by atoms with Gasteiger partial charge in [0.05, 0.1) is 6.10 Å². The van der Waals surface area contributed by atoms with Crippen LogP contribution >= 0.6 is 0 Å². The topological polar surface area (TPSA) is 97.0 Å². The Morgan fingerprint density at radius 1 is 1.13 bits per heavy atom. The molecule has 0 radical (unpaired) electrons. The first kappa shape index (κ1) is 22.1. The van der Waals surface area contributed by atoms with Crippen molar-refractivity contribution in [3.05, 3.63) is 76.0 Å². The number of nitrogens with one attached hydrogen (secondary N) is 2. The van der Waals surface area contributed by atoms with E-state index in [2.05, 4.69) is 27.4 Å². The van der Waals surface area contributed by atoms with Gasteiger partial charge in [-0.3, -0.25) is 9.59 Å². The second-order valence-corrected chi connectivity index (χ2v) is 7.21. The first-order valence-corrected chi connectivity index (χ1v) is 10.2. The number of hydrogen-bond acceptors (Lipinski definition) is 5. The normalized spacial score (nSPS) is 11.7. The van der Waals surface area contributed by atoms with Crippen LogP contribution in [0.4, 0.5) is 4.39 Å². The van der Waals surface area contributed by atoms with Gasteiger partial charge in [-0.15, -0.1) is 10.2 Å². The van der Waals surface area contributed by atoms with Crippen molar-refractivity contribution >= 4 is 5.91 Å². The fraction of sp³-hybridized carbons (Fsp3) is 0.304. The Kier molecular flexibility index (Phi) is 7.48. The molecule has 1 heterocycles. The van der Waals surface area contributed by atoms with Gasteiger partial charge < -0.3 is 15.0 Å². The summed E-state index contributed by atoms with van der Waals surface area (Å²) in [6, 6.07) is 13.1. The molecule has 0 saturated carbocycles. The van der Waals surface area contributed by atoms with Crippen molar-refractivity contribution in [3.63, 3.8) is 0 Å². The van der Waals surface area contributed by atoms with Crippen molar-refractivity contribution in [2.75, 3.05) is 0 Å². The Morgan fingerprint density at radius 3 is 2.48 bits per heavy atom. The number of aromatic amines is 1. The van der Waals surface area contributed by atoms with E-state index in [-0.39, 0.29) is 48.5 Å². The zero-order valence-corrected chi connectivity index (χ0v) is 17.5. The van der Waals surface area contributed by atoms with Crippen LogP contribution in [0, 0.1) is 5.82 Å². The number of halogens is 1. The highest BCUT2D eigenvalue weighted by Gasteiger charge is 2.10. The number of ether oxygens (including phenoxy) is 1. The van der Waals surface area contributed by atoms with Gasteiger partial charge in [0.15, 0.2) is 5.82 Å². The zero-order chi connectivity index (χ0) is 22.2. The number of hydrogen-bond donors (Lipinski definition) is 2. The Balaban J connectivity index is 1.55. The van der Waals surface area contributed by atoms with E-state index in [4.69, 9.17) is 4.74 Å². The van der Waals surface area contributed by atoms with Crippen LogP contribution in [0.1, 0.15) is 37.9 Å². The minimum absolute atomic E-state index is 0.0972. The van der Waals surface area contributed by atoms with Crippen molar-refractivity contribution in [3.8, 4) is 17.1 Å². The number of carbonyl (C=O) groups excluding carboxylic acids is 1. The Bertz CT molecular complexity index is 1070. The lowest BCUT2D eigenvalue weighted by atomic mass is 10.2. The summed E-state index contributed by atoms with van der Waals surface area (Å²) in [6.07, 6.45) is 1.30. The molecule has 1 unspecified atom stereocenters. The molecule has 7 nitrogen and oxygen atoms in total. The molecule has 2 aromatic carbocycles. The van der Waals surface area contributed by atoms with E-state index in [1.165, 1.54) is 12.1 Å². The van der Waals surface area contributed by atoms with Crippen LogP contribution in [-0.2, 0) is 17.8 Å². The molecule has 0 aliphatic rings. The van der Waals surface area contributed by atoms with Crippen LogP contribution in [0.2, 0.25) is 0 Å². The molecule has 162 valence electrons. The molecular formula is C23H25FN4O3. The number of rotatable bonds is 9. The average molecular weight is 424 g/mol. The Hall–Kier alpha value is -3.55. The van der Waals surface area contributed by atoms with Gasteiger partial charge in [0.1, 0.15) is 17.3 Å².